The quantitative estimate of drug-likeness (QED) is 0.751. The van der Waals surface area contributed by atoms with Crippen LogP contribution in [0.25, 0.3) is 11.3 Å². The van der Waals surface area contributed by atoms with Crippen LogP contribution in [0.15, 0.2) is 30.3 Å². The lowest BCUT2D eigenvalue weighted by atomic mass is 9.87. The molecule has 0 aliphatic carbocycles. The summed E-state index contributed by atoms with van der Waals surface area (Å²) in [5.41, 5.74) is 1.07. The fourth-order valence-electron chi connectivity index (χ4n) is 3.28. The first-order valence-corrected chi connectivity index (χ1v) is 8.43. The average molecular weight is 352 g/mol. The lowest BCUT2D eigenvalue weighted by molar-refractivity contribution is -0.121. The number of nitrogens with zero attached hydrogens (tertiary/aromatic N) is 4. The highest BCUT2D eigenvalue weighted by Crippen LogP contribution is 2.35. The van der Waals surface area contributed by atoms with Crippen molar-refractivity contribution in [3.8, 4) is 17.0 Å². The third kappa shape index (κ3) is 2.54. The van der Waals surface area contributed by atoms with Crippen LogP contribution in [0.4, 0.5) is 5.82 Å². The summed E-state index contributed by atoms with van der Waals surface area (Å²) in [5, 5.41) is 18.3. The minimum Gasteiger partial charge on any atom is -0.497 e. The molecule has 26 heavy (non-hydrogen) atoms. The first-order chi connectivity index (χ1) is 12.5. The number of aromatic amines is 1. The number of benzene rings is 1. The molecule has 3 heterocycles. The number of hydrogen-bond donors (Lipinski definition) is 2. The smallest absolute Gasteiger partial charge is 0.239 e. The van der Waals surface area contributed by atoms with Crippen molar-refractivity contribution in [3.63, 3.8) is 0 Å². The maximum absolute atomic E-state index is 12.9. The van der Waals surface area contributed by atoms with Crippen LogP contribution < -0.4 is 10.1 Å². The SMILES string of the molecule is COc1ccc(-c2cc(NC(=O)C3(C)CCn4c(C)nnc43)n[nH]2)cc1. The minimum atomic E-state index is -0.708. The normalized spacial score (nSPS) is 18.6. The highest BCUT2D eigenvalue weighted by molar-refractivity contribution is 5.98. The molecule has 1 aliphatic rings. The summed E-state index contributed by atoms with van der Waals surface area (Å²) in [5.74, 6) is 2.68. The van der Waals surface area contributed by atoms with E-state index in [1.54, 1.807) is 7.11 Å². The molecule has 1 unspecified atom stereocenters. The Balaban J connectivity index is 1.53. The van der Waals surface area contributed by atoms with Gasteiger partial charge in [-0.25, -0.2) is 0 Å². The Morgan fingerprint density at radius 3 is 2.81 bits per heavy atom. The van der Waals surface area contributed by atoms with E-state index < -0.39 is 5.41 Å². The van der Waals surface area contributed by atoms with Gasteiger partial charge in [-0.1, -0.05) is 0 Å². The number of aromatic nitrogens is 5. The number of amides is 1. The molecule has 4 rings (SSSR count). The fraction of sp³-hybridized carbons (Fsp3) is 0.333. The second-order valence-corrected chi connectivity index (χ2v) is 6.65. The second-order valence-electron chi connectivity index (χ2n) is 6.65. The zero-order valence-electron chi connectivity index (χ0n) is 14.9. The van der Waals surface area contributed by atoms with Crippen molar-refractivity contribution < 1.29 is 9.53 Å². The Kier molecular flexibility index (Phi) is 3.75. The van der Waals surface area contributed by atoms with E-state index in [-0.39, 0.29) is 5.91 Å². The van der Waals surface area contributed by atoms with Crippen molar-refractivity contribution >= 4 is 11.7 Å². The number of fused-ring (bicyclic) bond motifs is 1. The van der Waals surface area contributed by atoms with E-state index in [4.69, 9.17) is 4.74 Å². The summed E-state index contributed by atoms with van der Waals surface area (Å²) < 4.78 is 7.16. The van der Waals surface area contributed by atoms with Gasteiger partial charge in [0.2, 0.25) is 5.91 Å². The maximum atomic E-state index is 12.9. The molecule has 0 spiro atoms. The Morgan fingerprint density at radius 1 is 1.31 bits per heavy atom. The molecule has 1 amide bonds. The number of carbonyl (C=O) groups excluding carboxylic acids is 1. The van der Waals surface area contributed by atoms with Gasteiger partial charge in [-0.2, -0.15) is 5.10 Å². The number of hydrogen-bond acceptors (Lipinski definition) is 5. The number of aryl methyl sites for hydroxylation is 1. The second kappa shape index (κ2) is 5.98. The zero-order valence-corrected chi connectivity index (χ0v) is 14.9. The molecule has 1 atom stereocenters. The first kappa shape index (κ1) is 16.3. The monoisotopic (exact) mass is 352 g/mol. The lowest BCUT2D eigenvalue weighted by Gasteiger charge is -2.19. The predicted molar refractivity (Wildman–Crippen MR) is 95.9 cm³/mol. The van der Waals surface area contributed by atoms with Gasteiger partial charge in [0.1, 0.15) is 22.8 Å². The van der Waals surface area contributed by atoms with Crippen LogP contribution in [0, 0.1) is 6.92 Å². The molecule has 0 saturated heterocycles. The Hall–Kier alpha value is -3.16. The molecule has 0 saturated carbocycles. The number of ether oxygens (including phenoxy) is 1. The predicted octanol–water partition coefficient (Wildman–Crippen LogP) is 2.29. The fourth-order valence-corrected chi connectivity index (χ4v) is 3.28. The van der Waals surface area contributed by atoms with E-state index in [9.17, 15) is 4.79 Å². The Bertz CT molecular complexity index is 958. The van der Waals surface area contributed by atoms with Gasteiger partial charge in [0.05, 0.1) is 12.8 Å². The van der Waals surface area contributed by atoms with E-state index in [2.05, 4.69) is 25.7 Å². The number of nitrogens with one attached hydrogen (secondary N) is 2. The van der Waals surface area contributed by atoms with Crippen molar-refractivity contribution in [3.05, 3.63) is 42.0 Å². The van der Waals surface area contributed by atoms with Crippen LogP contribution in [-0.2, 0) is 16.8 Å². The summed E-state index contributed by atoms with van der Waals surface area (Å²) in [7, 11) is 1.63. The van der Waals surface area contributed by atoms with Gasteiger partial charge in [0.25, 0.3) is 0 Å². The number of methoxy groups -OCH3 is 1. The maximum Gasteiger partial charge on any atom is 0.239 e. The Labute approximate surface area is 150 Å². The minimum absolute atomic E-state index is 0.128. The van der Waals surface area contributed by atoms with Gasteiger partial charge in [0, 0.05) is 12.6 Å². The van der Waals surface area contributed by atoms with Crippen LogP contribution in [0.1, 0.15) is 25.0 Å². The molecule has 1 aromatic carbocycles. The molecule has 134 valence electrons. The van der Waals surface area contributed by atoms with Crippen LogP contribution >= 0.6 is 0 Å². The highest BCUT2D eigenvalue weighted by Gasteiger charge is 2.44. The highest BCUT2D eigenvalue weighted by atomic mass is 16.5. The molecular weight excluding hydrogens is 332 g/mol. The van der Waals surface area contributed by atoms with Crippen LogP contribution in [0.3, 0.4) is 0 Å². The van der Waals surface area contributed by atoms with Gasteiger partial charge in [-0.05, 0) is 50.1 Å². The van der Waals surface area contributed by atoms with Crippen LogP contribution in [0.5, 0.6) is 5.75 Å². The summed E-state index contributed by atoms with van der Waals surface area (Å²) in [6.07, 6.45) is 0.695. The number of anilines is 1. The third-order valence-corrected chi connectivity index (χ3v) is 4.99. The van der Waals surface area contributed by atoms with Gasteiger partial charge in [-0.3, -0.25) is 9.89 Å². The van der Waals surface area contributed by atoms with Crippen molar-refractivity contribution in [1.82, 2.24) is 25.0 Å². The van der Waals surface area contributed by atoms with Crippen molar-refractivity contribution in [2.24, 2.45) is 0 Å². The third-order valence-electron chi connectivity index (χ3n) is 4.99. The van der Waals surface area contributed by atoms with E-state index in [1.165, 1.54) is 0 Å². The topological polar surface area (TPSA) is 97.7 Å². The summed E-state index contributed by atoms with van der Waals surface area (Å²) in [6.45, 7) is 4.54. The molecular formula is C18H20N6O2. The van der Waals surface area contributed by atoms with Crippen molar-refractivity contribution in [1.29, 1.82) is 0 Å². The number of carbonyl (C=O) groups is 1. The van der Waals surface area contributed by atoms with Gasteiger partial charge in [0.15, 0.2) is 5.82 Å². The molecule has 0 fully saturated rings. The lowest BCUT2D eigenvalue weighted by Crippen LogP contribution is -2.36. The average Bonchev–Trinajstić information content (AvgIpc) is 3.34. The van der Waals surface area contributed by atoms with E-state index in [0.29, 0.717) is 18.1 Å². The van der Waals surface area contributed by atoms with Gasteiger partial charge < -0.3 is 14.6 Å². The van der Waals surface area contributed by atoms with Crippen LogP contribution in [-0.4, -0.2) is 38.0 Å². The first-order valence-electron chi connectivity index (χ1n) is 8.43. The van der Waals surface area contributed by atoms with E-state index in [1.807, 2.05) is 48.7 Å². The molecule has 2 aromatic heterocycles. The molecule has 2 N–H and O–H groups in total. The molecule has 8 nitrogen and oxygen atoms in total. The van der Waals surface area contributed by atoms with Crippen LogP contribution in [0.2, 0.25) is 0 Å². The molecule has 0 radical (unpaired) electrons. The zero-order chi connectivity index (χ0) is 18.3. The summed E-state index contributed by atoms with van der Waals surface area (Å²) in [6, 6.07) is 9.43. The van der Waals surface area contributed by atoms with E-state index >= 15 is 0 Å². The molecule has 8 heteroatoms. The summed E-state index contributed by atoms with van der Waals surface area (Å²) in [4.78, 5) is 12.9. The Morgan fingerprint density at radius 2 is 2.08 bits per heavy atom. The number of H-pyrrole nitrogens is 1. The van der Waals surface area contributed by atoms with Gasteiger partial charge >= 0.3 is 0 Å². The molecule has 0 bridgehead atoms. The number of rotatable bonds is 4. The van der Waals surface area contributed by atoms with Gasteiger partial charge in [-0.15, -0.1) is 10.2 Å². The van der Waals surface area contributed by atoms with Crippen molar-refractivity contribution in [2.45, 2.75) is 32.2 Å². The standard InChI is InChI=1S/C18H20N6O2/c1-11-20-23-16-18(2,8-9-24(11)16)17(25)19-15-10-14(21-22-15)12-4-6-13(26-3)7-5-12/h4-7,10H,8-9H2,1-3H3,(H2,19,21,22,25). The largest absolute Gasteiger partial charge is 0.497 e. The van der Waals surface area contributed by atoms with E-state index in [0.717, 1.165) is 29.4 Å². The molecule has 3 aromatic rings. The molecule has 1 aliphatic heterocycles. The summed E-state index contributed by atoms with van der Waals surface area (Å²) >= 11 is 0. The van der Waals surface area contributed by atoms with Crippen molar-refractivity contribution in [2.75, 3.05) is 12.4 Å².